The number of carbonyl (C=O) groups is 1. The number of benzene rings is 1. The number of nitrogens with zero attached hydrogens (tertiary/aromatic N) is 2. The molecule has 1 aromatic carbocycles. The Morgan fingerprint density at radius 1 is 1.22 bits per heavy atom. The van der Waals surface area contributed by atoms with E-state index in [-0.39, 0.29) is 11.7 Å². The van der Waals surface area contributed by atoms with E-state index < -0.39 is 6.36 Å². The lowest BCUT2D eigenvalue weighted by molar-refractivity contribution is -0.274. The van der Waals surface area contributed by atoms with Crippen molar-refractivity contribution in [2.75, 3.05) is 0 Å². The second kappa shape index (κ2) is 7.75. The number of hydrogen-bond acceptors (Lipinski definition) is 5. The Morgan fingerprint density at radius 3 is 2.59 bits per heavy atom. The van der Waals surface area contributed by atoms with Gasteiger partial charge in [-0.15, -0.1) is 24.5 Å². The topological polar surface area (TPSA) is 64.1 Å². The van der Waals surface area contributed by atoms with Gasteiger partial charge in [0.15, 0.2) is 0 Å². The van der Waals surface area contributed by atoms with Crippen molar-refractivity contribution in [2.24, 2.45) is 0 Å². The quantitative estimate of drug-likeness (QED) is 0.700. The summed E-state index contributed by atoms with van der Waals surface area (Å²) in [5.74, 6) is -0.578. The number of rotatable bonds is 5. The molecule has 0 atom stereocenters. The molecule has 0 spiro atoms. The normalized spacial score (nSPS) is 11.3. The van der Waals surface area contributed by atoms with Crippen LogP contribution in [0.25, 0.3) is 10.6 Å². The van der Waals surface area contributed by atoms with Crippen LogP contribution in [0.2, 0.25) is 0 Å². The number of carbonyl (C=O) groups excluding carboxylic acids is 1. The molecule has 2 heterocycles. The summed E-state index contributed by atoms with van der Waals surface area (Å²) in [6.45, 7) is 2.04. The number of amides is 1. The molecule has 1 N–H and O–H groups in total. The van der Waals surface area contributed by atoms with Gasteiger partial charge in [0.25, 0.3) is 5.91 Å². The maximum absolute atomic E-state index is 12.4. The van der Waals surface area contributed by atoms with Gasteiger partial charge in [-0.3, -0.25) is 9.78 Å². The minimum atomic E-state index is -4.74. The lowest BCUT2D eigenvalue weighted by Crippen LogP contribution is -2.22. The molecular formula is C18H14F3N3O2S. The zero-order chi connectivity index (χ0) is 19.4. The van der Waals surface area contributed by atoms with Gasteiger partial charge < -0.3 is 10.1 Å². The third-order valence-electron chi connectivity index (χ3n) is 3.51. The summed E-state index contributed by atoms with van der Waals surface area (Å²) < 4.78 is 40.5. The van der Waals surface area contributed by atoms with Crippen LogP contribution in [0, 0.1) is 6.92 Å². The first-order valence-corrected chi connectivity index (χ1v) is 8.64. The SMILES string of the molecule is Cc1nc(-c2ccc(OC(F)(F)F)cc2)sc1C(=O)NCc1cccnc1. The Labute approximate surface area is 156 Å². The molecule has 3 rings (SSSR count). The van der Waals surface area contributed by atoms with E-state index in [1.54, 1.807) is 25.4 Å². The molecule has 0 aliphatic heterocycles. The van der Waals surface area contributed by atoms with Crippen LogP contribution in [-0.2, 0) is 6.54 Å². The van der Waals surface area contributed by atoms with Crippen molar-refractivity contribution < 1.29 is 22.7 Å². The Hall–Kier alpha value is -2.94. The van der Waals surface area contributed by atoms with E-state index in [4.69, 9.17) is 0 Å². The molecule has 0 bridgehead atoms. The fourth-order valence-corrected chi connectivity index (χ4v) is 3.28. The Balaban J connectivity index is 1.71. The summed E-state index contributed by atoms with van der Waals surface area (Å²) in [6, 6.07) is 8.99. The number of alkyl halides is 3. The minimum Gasteiger partial charge on any atom is -0.406 e. The van der Waals surface area contributed by atoms with E-state index >= 15 is 0 Å². The van der Waals surface area contributed by atoms with Gasteiger partial charge in [0.05, 0.1) is 5.69 Å². The fraction of sp³-hybridized carbons (Fsp3) is 0.167. The number of halogens is 3. The number of aromatic nitrogens is 2. The average molecular weight is 393 g/mol. The highest BCUT2D eigenvalue weighted by Gasteiger charge is 2.31. The predicted molar refractivity (Wildman–Crippen MR) is 94.4 cm³/mol. The van der Waals surface area contributed by atoms with Gasteiger partial charge in [-0.05, 0) is 42.8 Å². The van der Waals surface area contributed by atoms with E-state index in [9.17, 15) is 18.0 Å². The van der Waals surface area contributed by atoms with Gasteiger partial charge in [0.2, 0.25) is 0 Å². The second-order valence-corrected chi connectivity index (χ2v) is 6.55. The summed E-state index contributed by atoms with van der Waals surface area (Å²) in [5.41, 5.74) is 2.02. The highest BCUT2D eigenvalue weighted by atomic mass is 32.1. The lowest BCUT2D eigenvalue weighted by atomic mass is 10.2. The summed E-state index contributed by atoms with van der Waals surface area (Å²) in [5, 5.41) is 3.34. The van der Waals surface area contributed by atoms with Gasteiger partial charge in [0, 0.05) is 24.5 Å². The lowest BCUT2D eigenvalue weighted by Gasteiger charge is -2.08. The molecule has 0 saturated heterocycles. The number of thiazole rings is 1. The standard InChI is InChI=1S/C18H14F3N3O2S/c1-11-15(16(25)23-10-12-3-2-8-22-9-12)27-17(24-11)13-4-6-14(7-5-13)26-18(19,20)21/h2-9H,10H2,1H3,(H,23,25). The first kappa shape index (κ1) is 18.8. The molecule has 1 amide bonds. The average Bonchev–Trinajstić information content (AvgIpc) is 3.02. The van der Waals surface area contributed by atoms with Crippen LogP contribution in [0.4, 0.5) is 13.2 Å². The van der Waals surface area contributed by atoms with Crippen LogP contribution >= 0.6 is 11.3 Å². The monoisotopic (exact) mass is 393 g/mol. The molecule has 0 radical (unpaired) electrons. The Morgan fingerprint density at radius 2 is 1.96 bits per heavy atom. The fourth-order valence-electron chi connectivity index (χ4n) is 2.30. The van der Waals surface area contributed by atoms with Crippen LogP contribution in [0.3, 0.4) is 0 Å². The molecule has 0 fully saturated rings. The third-order valence-corrected chi connectivity index (χ3v) is 4.72. The number of pyridine rings is 1. The second-order valence-electron chi connectivity index (χ2n) is 5.55. The van der Waals surface area contributed by atoms with E-state index in [1.807, 2.05) is 6.07 Å². The van der Waals surface area contributed by atoms with Crippen molar-refractivity contribution in [1.29, 1.82) is 0 Å². The maximum Gasteiger partial charge on any atom is 0.573 e. The summed E-state index contributed by atoms with van der Waals surface area (Å²) in [7, 11) is 0. The van der Waals surface area contributed by atoms with Crippen molar-refractivity contribution in [3.8, 4) is 16.3 Å². The van der Waals surface area contributed by atoms with Gasteiger partial charge in [-0.1, -0.05) is 6.07 Å². The molecule has 140 valence electrons. The molecule has 0 aliphatic rings. The maximum atomic E-state index is 12.4. The van der Waals surface area contributed by atoms with Gasteiger partial charge in [-0.2, -0.15) is 0 Å². The highest BCUT2D eigenvalue weighted by molar-refractivity contribution is 7.17. The molecule has 3 aromatic rings. The van der Waals surface area contributed by atoms with E-state index in [1.165, 1.54) is 35.6 Å². The molecule has 0 saturated carbocycles. The zero-order valence-electron chi connectivity index (χ0n) is 14.1. The van der Waals surface area contributed by atoms with Gasteiger partial charge in [-0.25, -0.2) is 4.98 Å². The van der Waals surface area contributed by atoms with Crippen LogP contribution < -0.4 is 10.1 Å². The number of nitrogens with one attached hydrogen (secondary N) is 1. The van der Waals surface area contributed by atoms with E-state index in [2.05, 4.69) is 20.0 Å². The molecule has 0 unspecified atom stereocenters. The van der Waals surface area contributed by atoms with Gasteiger partial charge in [0.1, 0.15) is 15.6 Å². The minimum absolute atomic E-state index is 0.267. The number of hydrogen-bond donors (Lipinski definition) is 1. The summed E-state index contributed by atoms with van der Waals surface area (Å²) >= 11 is 1.17. The smallest absolute Gasteiger partial charge is 0.406 e. The Kier molecular flexibility index (Phi) is 5.41. The van der Waals surface area contributed by atoms with Crippen molar-refractivity contribution in [2.45, 2.75) is 19.8 Å². The predicted octanol–water partition coefficient (Wildman–Crippen LogP) is 4.34. The van der Waals surface area contributed by atoms with Crippen LogP contribution in [-0.4, -0.2) is 22.2 Å². The van der Waals surface area contributed by atoms with Crippen LogP contribution in [0.1, 0.15) is 20.9 Å². The van der Waals surface area contributed by atoms with Crippen LogP contribution in [0.15, 0.2) is 48.8 Å². The summed E-state index contributed by atoms with van der Waals surface area (Å²) in [4.78, 5) is 21.2. The van der Waals surface area contributed by atoms with Crippen molar-refractivity contribution in [3.05, 3.63) is 64.9 Å². The molecule has 5 nitrogen and oxygen atoms in total. The molecule has 9 heteroatoms. The van der Waals surface area contributed by atoms with Crippen molar-refractivity contribution in [3.63, 3.8) is 0 Å². The third kappa shape index (κ3) is 5.04. The van der Waals surface area contributed by atoms with Crippen LogP contribution in [0.5, 0.6) is 5.75 Å². The zero-order valence-corrected chi connectivity index (χ0v) is 14.9. The van der Waals surface area contributed by atoms with Gasteiger partial charge >= 0.3 is 6.36 Å². The molecule has 27 heavy (non-hydrogen) atoms. The first-order valence-electron chi connectivity index (χ1n) is 7.82. The van der Waals surface area contributed by atoms with Crippen molar-refractivity contribution in [1.82, 2.24) is 15.3 Å². The first-order chi connectivity index (χ1) is 12.8. The summed E-state index contributed by atoms with van der Waals surface area (Å²) in [6.07, 6.45) is -1.43. The molecule has 2 aromatic heterocycles. The number of ether oxygens (including phenoxy) is 1. The molecular weight excluding hydrogens is 379 g/mol. The van der Waals surface area contributed by atoms with E-state index in [0.717, 1.165) is 5.56 Å². The van der Waals surface area contributed by atoms with E-state index in [0.29, 0.717) is 27.7 Å². The number of aryl methyl sites for hydroxylation is 1. The highest BCUT2D eigenvalue weighted by Crippen LogP contribution is 2.30. The largest absolute Gasteiger partial charge is 0.573 e. The van der Waals surface area contributed by atoms with Crippen molar-refractivity contribution >= 4 is 17.2 Å². The Bertz CT molecular complexity index is 925. The molecule has 0 aliphatic carbocycles.